The SMILES string of the molecule is CC1C(=O)CCN(Cc2cccc3ccccc23)C1C. The second-order valence-corrected chi connectivity index (χ2v) is 5.85. The van der Waals surface area contributed by atoms with Crippen LogP contribution < -0.4 is 0 Å². The second-order valence-electron chi connectivity index (χ2n) is 5.85. The predicted octanol–water partition coefficient (Wildman–Crippen LogP) is 3.64. The highest BCUT2D eigenvalue weighted by Crippen LogP contribution is 2.25. The van der Waals surface area contributed by atoms with Crippen molar-refractivity contribution < 1.29 is 4.79 Å². The number of carbonyl (C=O) groups excluding carboxylic acids is 1. The lowest BCUT2D eigenvalue weighted by molar-refractivity contribution is -0.128. The van der Waals surface area contributed by atoms with Gasteiger partial charge < -0.3 is 0 Å². The molecule has 0 N–H and O–H groups in total. The molecule has 0 radical (unpaired) electrons. The zero-order chi connectivity index (χ0) is 14.1. The van der Waals surface area contributed by atoms with Gasteiger partial charge >= 0.3 is 0 Å². The lowest BCUT2D eigenvalue weighted by Gasteiger charge is -2.37. The zero-order valence-corrected chi connectivity index (χ0v) is 12.2. The highest BCUT2D eigenvalue weighted by Gasteiger charge is 2.30. The minimum absolute atomic E-state index is 0.152. The number of piperidine rings is 1. The van der Waals surface area contributed by atoms with E-state index in [-0.39, 0.29) is 5.92 Å². The smallest absolute Gasteiger partial charge is 0.138 e. The van der Waals surface area contributed by atoms with Crippen molar-refractivity contribution in [3.63, 3.8) is 0 Å². The Morgan fingerprint density at radius 3 is 2.70 bits per heavy atom. The second kappa shape index (κ2) is 5.37. The van der Waals surface area contributed by atoms with Gasteiger partial charge in [-0.15, -0.1) is 0 Å². The molecule has 20 heavy (non-hydrogen) atoms. The van der Waals surface area contributed by atoms with E-state index < -0.39 is 0 Å². The van der Waals surface area contributed by atoms with Crippen molar-refractivity contribution in [1.29, 1.82) is 0 Å². The molecule has 2 aromatic rings. The van der Waals surface area contributed by atoms with Crippen molar-refractivity contribution in [2.45, 2.75) is 32.9 Å². The summed E-state index contributed by atoms with van der Waals surface area (Å²) in [6.07, 6.45) is 0.691. The Balaban J connectivity index is 1.88. The highest BCUT2D eigenvalue weighted by atomic mass is 16.1. The van der Waals surface area contributed by atoms with Gasteiger partial charge in [-0.1, -0.05) is 49.4 Å². The first-order valence-electron chi connectivity index (χ1n) is 7.40. The maximum Gasteiger partial charge on any atom is 0.138 e. The molecule has 0 saturated carbocycles. The topological polar surface area (TPSA) is 20.3 Å². The van der Waals surface area contributed by atoms with Crippen molar-refractivity contribution in [2.24, 2.45) is 5.92 Å². The number of hydrogen-bond acceptors (Lipinski definition) is 2. The molecule has 0 aliphatic carbocycles. The van der Waals surface area contributed by atoms with E-state index >= 15 is 0 Å². The summed E-state index contributed by atoms with van der Waals surface area (Å²) in [6.45, 7) is 6.04. The van der Waals surface area contributed by atoms with E-state index in [2.05, 4.69) is 61.2 Å². The average molecular weight is 267 g/mol. The molecule has 3 rings (SSSR count). The highest BCUT2D eigenvalue weighted by molar-refractivity contribution is 5.85. The van der Waals surface area contributed by atoms with E-state index in [0.29, 0.717) is 18.2 Å². The summed E-state index contributed by atoms with van der Waals surface area (Å²) >= 11 is 0. The molecule has 2 unspecified atom stereocenters. The summed E-state index contributed by atoms with van der Waals surface area (Å²) in [5.74, 6) is 0.561. The van der Waals surface area contributed by atoms with Crippen molar-refractivity contribution in [3.05, 3.63) is 48.0 Å². The number of Topliss-reactive ketones (excluding diaryl/α,β-unsaturated/α-hetero) is 1. The van der Waals surface area contributed by atoms with Crippen LogP contribution in [-0.2, 0) is 11.3 Å². The summed E-state index contributed by atoms with van der Waals surface area (Å²) in [7, 11) is 0. The molecule has 0 spiro atoms. The van der Waals surface area contributed by atoms with Crippen molar-refractivity contribution >= 4 is 16.6 Å². The fourth-order valence-electron chi connectivity index (χ4n) is 3.14. The molecule has 0 aromatic heterocycles. The first-order chi connectivity index (χ1) is 9.66. The summed E-state index contributed by atoms with van der Waals surface area (Å²) in [5.41, 5.74) is 1.36. The van der Waals surface area contributed by atoms with E-state index in [4.69, 9.17) is 0 Å². The van der Waals surface area contributed by atoms with Crippen LogP contribution in [0.2, 0.25) is 0 Å². The molecular formula is C18H21NO. The van der Waals surface area contributed by atoms with Crippen LogP contribution in [0.5, 0.6) is 0 Å². The van der Waals surface area contributed by atoms with Crippen molar-refractivity contribution in [3.8, 4) is 0 Å². The number of hydrogen-bond donors (Lipinski definition) is 0. The molecule has 2 nitrogen and oxygen atoms in total. The first-order valence-corrected chi connectivity index (χ1v) is 7.40. The summed E-state index contributed by atoms with van der Waals surface area (Å²) in [5, 5.41) is 2.62. The maximum atomic E-state index is 11.8. The number of likely N-dealkylation sites (tertiary alicyclic amines) is 1. The van der Waals surface area contributed by atoms with Crippen molar-refractivity contribution in [1.82, 2.24) is 4.90 Å². The molecule has 0 amide bonds. The quantitative estimate of drug-likeness (QED) is 0.828. The van der Waals surface area contributed by atoms with E-state index in [0.717, 1.165) is 13.1 Å². The van der Waals surface area contributed by atoms with Crippen LogP contribution in [0.25, 0.3) is 10.8 Å². The third-order valence-electron chi connectivity index (χ3n) is 4.71. The molecular weight excluding hydrogens is 246 g/mol. The lowest BCUT2D eigenvalue weighted by Crippen LogP contribution is -2.46. The largest absolute Gasteiger partial charge is 0.299 e. The van der Waals surface area contributed by atoms with Crippen LogP contribution >= 0.6 is 0 Å². The Kier molecular flexibility index (Phi) is 3.58. The van der Waals surface area contributed by atoms with Gasteiger partial charge in [0.15, 0.2) is 0 Å². The lowest BCUT2D eigenvalue weighted by atomic mass is 9.90. The number of carbonyl (C=O) groups is 1. The Morgan fingerprint density at radius 2 is 1.85 bits per heavy atom. The molecule has 1 saturated heterocycles. The van der Waals surface area contributed by atoms with Gasteiger partial charge in [0.25, 0.3) is 0 Å². The Labute approximate surface area is 120 Å². The Hall–Kier alpha value is -1.67. The van der Waals surface area contributed by atoms with Gasteiger partial charge in [0.1, 0.15) is 5.78 Å². The molecule has 1 aliphatic rings. The van der Waals surface area contributed by atoms with Gasteiger partial charge in [-0.25, -0.2) is 0 Å². The fourth-order valence-corrected chi connectivity index (χ4v) is 3.14. The molecule has 0 bridgehead atoms. The third-order valence-corrected chi connectivity index (χ3v) is 4.71. The molecule has 104 valence electrons. The van der Waals surface area contributed by atoms with Gasteiger partial charge in [-0.05, 0) is 23.3 Å². The number of ketones is 1. The molecule has 1 fully saturated rings. The standard InChI is InChI=1S/C18H21NO/c1-13-14(2)19(11-10-18(13)20)12-16-8-5-7-15-6-3-4-9-17(15)16/h3-9,13-14H,10-12H2,1-2H3. The van der Waals surface area contributed by atoms with E-state index in [1.165, 1.54) is 16.3 Å². The fraction of sp³-hybridized carbons (Fsp3) is 0.389. The summed E-state index contributed by atoms with van der Waals surface area (Å²) in [4.78, 5) is 14.2. The number of benzene rings is 2. The Bertz CT molecular complexity index is 629. The number of nitrogens with zero attached hydrogens (tertiary/aromatic N) is 1. The molecule has 1 heterocycles. The third kappa shape index (κ3) is 2.36. The van der Waals surface area contributed by atoms with Gasteiger partial charge in [-0.3, -0.25) is 9.69 Å². The maximum absolute atomic E-state index is 11.8. The zero-order valence-electron chi connectivity index (χ0n) is 12.2. The van der Waals surface area contributed by atoms with E-state index in [9.17, 15) is 4.79 Å². The van der Waals surface area contributed by atoms with Crippen molar-refractivity contribution in [2.75, 3.05) is 6.54 Å². The van der Waals surface area contributed by atoms with E-state index in [1.54, 1.807) is 0 Å². The van der Waals surface area contributed by atoms with Gasteiger partial charge in [0, 0.05) is 31.5 Å². The van der Waals surface area contributed by atoms with Crippen LogP contribution in [0.4, 0.5) is 0 Å². The van der Waals surface area contributed by atoms with Gasteiger partial charge in [-0.2, -0.15) is 0 Å². The molecule has 2 aromatic carbocycles. The van der Waals surface area contributed by atoms with Crippen LogP contribution in [0.1, 0.15) is 25.8 Å². The summed E-state index contributed by atoms with van der Waals surface area (Å²) in [6, 6.07) is 15.3. The van der Waals surface area contributed by atoms with Crippen LogP contribution in [0, 0.1) is 5.92 Å². The normalized spacial score (nSPS) is 24.2. The van der Waals surface area contributed by atoms with Crippen LogP contribution in [0.15, 0.2) is 42.5 Å². The van der Waals surface area contributed by atoms with Gasteiger partial charge in [0.05, 0.1) is 0 Å². The Morgan fingerprint density at radius 1 is 1.10 bits per heavy atom. The minimum atomic E-state index is 0.152. The minimum Gasteiger partial charge on any atom is -0.299 e. The first kappa shape index (κ1) is 13.3. The average Bonchev–Trinajstić information content (AvgIpc) is 2.48. The van der Waals surface area contributed by atoms with Crippen LogP contribution in [-0.4, -0.2) is 23.3 Å². The number of rotatable bonds is 2. The molecule has 1 aliphatic heterocycles. The number of fused-ring (bicyclic) bond motifs is 1. The van der Waals surface area contributed by atoms with Crippen LogP contribution in [0.3, 0.4) is 0 Å². The molecule has 2 heteroatoms. The monoisotopic (exact) mass is 267 g/mol. The van der Waals surface area contributed by atoms with Gasteiger partial charge in [0.2, 0.25) is 0 Å². The van der Waals surface area contributed by atoms with E-state index in [1.807, 2.05) is 0 Å². The summed E-state index contributed by atoms with van der Waals surface area (Å²) < 4.78 is 0. The predicted molar refractivity (Wildman–Crippen MR) is 82.6 cm³/mol. The molecule has 2 atom stereocenters.